The van der Waals surface area contributed by atoms with Crippen LogP contribution in [0.2, 0.25) is 0 Å². The lowest BCUT2D eigenvalue weighted by Gasteiger charge is -2.14. The second-order valence-corrected chi connectivity index (χ2v) is 8.75. The van der Waals surface area contributed by atoms with E-state index in [1.807, 2.05) is 31.2 Å². The summed E-state index contributed by atoms with van der Waals surface area (Å²) in [6.07, 6.45) is 1.84. The average Bonchev–Trinajstić information content (AvgIpc) is 3.16. The first-order valence-corrected chi connectivity index (χ1v) is 10.7. The Morgan fingerprint density at radius 1 is 1.08 bits per heavy atom. The molecule has 0 unspecified atom stereocenters. The minimum Gasteiger partial charge on any atom is -0.352 e. The molecule has 0 aliphatic carbocycles. The van der Waals surface area contributed by atoms with Crippen LogP contribution in [0.1, 0.15) is 30.1 Å². The number of unbranched alkanes of at least 4 members (excludes halogenated alkanes) is 1. The smallest absolute Gasteiger partial charge is 0.271 e. The number of sulfonamides is 1. The number of rotatable bonds is 7. The Bertz CT molecular complexity index is 1010. The molecule has 0 radical (unpaired) electrons. The van der Waals surface area contributed by atoms with E-state index < -0.39 is 10.0 Å². The lowest BCUT2D eigenvalue weighted by molar-refractivity contribution is 0.0954. The van der Waals surface area contributed by atoms with Gasteiger partial charge in [0, 0.05) is 6.54 Å². The Kier molecular flexibility index (Phi) is 5.58. The minimum absolute atomic E-state index is 0.211. The van der Waals surface area contributed by atoms with Crippen LogP contribution in [-0.4, -0.2) is 20.9 Å². The van der Waals surface area contributed by atoms with E-state index in [0.29, 0.717) is 12.1 Å². The zero-order valence-electron chi connectivity index (χ0n) is 14.4. The molecule has 5 nitrogen and oxygen atoms in total. The minimum atomic E-state index is -3.73. The summed E-state index contributed by atoms with van der Waals surface area (Å²) in [5.41, 5.74) is 0.603. The summed E-state index contributed by atoms with van der Waals surface area (Å²) in [5.74, 6) is -0.284. The summed E-state index contributed by atoms with van der Waals surface area (Å²) in [6.45, 7) is 2.60. The van der Waals surface area contributed by atoms with E-state index in [1.54, 1.807) is 23.6 Å². The van der Waals surface area contributed by atoms with Crippen molar-refractivity contribution in [2.45, 2.75) is 24.0 Å². The quantitative estimate of drug-likeness (QED) is 0.595. The van der Waals surface area contributed by atoms with Crippen LogP contribution in [-0.2, 0) is 10.0 Å². The molecule has 0 atom stereocenters. The molecular weight excluding hydrogens is 368 g/mol. The highest BCUT2D eigenvalue weighted by Crippen LogP contribution is 2.27. The van der Waals surface area contributed by atoms with E-state index in [0.717, 1.165) is 35.0 Å². The predicted octanol–water partition coefficient (Wildman–Crippen LogP) is 4.23. The van der Waals surface area contributed by atoms with Crippen molar-refractivity contribution in [1.82, 2.24) is 5.32 Å². The fourth-order valence-electron chi connectivity index (χ4n) is 2.60. The van der Waals surface area contributed by atoms with Crippen molar-refractivity contribution in [3.8, 4) is 0 Å². The highest BCUT2D eigenvalue weighted by molar-refractivity contribution is 7.94. The van der Waals surface area contributed by atoms with Crippen LogP contribution < -0.4 is 10.0 Å². The Morgan fingerprint density at radius 3 is 2.46 bits per heavy atom. The molecular formula is C19H20N2O3S2. The van der Waals surface area contributed by atoms with Crippen LogP contribution >= 0.6 is 11.3 Å². The van der Waals surface area contributed by atoms with Gasteiger partial charge in [0.1, 0.15) is 4.21 Å². The topological polar surface area (TPSA) is 75.3 Å². The molecule has 0 aliphatic heterocycles. The second kappa shape index (κ2) is 7.88. The number of carbonyl (C=O) groups excluding carboxylic acids is 1. The van der Waals surface area contributed by atoms with Crippen molar-refractivity contribution in [3.05, 3.63) is 59.5 Å². The monoisotopic (exact) mass is 388 g/mol. The summed E-state index contributed by atoms with van der Waals surface area (Å²) in [6, 6.07) is 14.2. The summed E-state index contributed by atoms with van der Waals surface area (Å²) in [7, 11) is -3.73. The second-order valence-electron chi connectivity index (χ2n) is 5.89. The van der Waals surface area contributed by atoms with Crippen molar-refractivity contribution in [3.63, 3.8) is 0 Å². The molecule has 1 heterocycles. The number of anilines is 1. The molecule has 0 spiro atoms. The third kappa shape index (κ3) is 4.05. The predicted molar refractivity (Wildman–Crippen MR) is 106 cm³/mol. The normalized spacial score (nSPS) is 11.4. The van der Waals surface area contributed by atoms with Gasteiger partial charge in [-0.3, -0.25) is 9.52 Å². The first-order valence-electron chi connectivity index (χ1n) is 8.38. The van der Waals surface area contributed by atoms with E-state index in [9.17, 15) is 13.2 Å². The number of amides is 1. The Balaban J connectivity index is 2.01. The Hall–Kier alpha value is -2.38. The molecule has 136 valence electrons. The zero-order chi connectivity index (χ0) is 18.6. The molecule has 0 bridgehead atoms. The third-order valence-electron chi connectivity index (χ3n) is 3.95. The molecule has 1 aromatic heterocycles. The Morgan fingerprint density at radius 2 is 1.81 bits per heavy atom. The summed E-state index contributed by atoms with van der Waals surface area (Å²) >= 11 is 1.13. The first-order chi connectivity index (χ1) is 12.5. The lowest BCUT2D eigenvalue weighted by atomic mass is 10.0. The van der Waals surface area contributed by atoms with E-state index in [1.165, 1.54) is 6.07 Å². The molecule has 1 amide bonds. The van der Waals surface area contributed by atoms with Crippen LogP contribution in [0.15, 0.2) is 58.1 Å². The van der Waals surface area contributed by atoms with Gasteiger partial charge in [-0.15, -0.1) is 11.3 Å². The maximum absolute atomic E-state index is 12.6. The van der Waals surface area contributed by atoms with Crippen LogP contribution in [0.5, 0.6) is 0 Å². The van der Waals surface area contributed by atoms with Crippen LogP contribution in [0.4, 0.5) is 5.69 Å². The number of fused-ring (bicyclic) bond motifs is 1. The van der Waals surface area contributed by atoms with Crippen molar-refractivity contribution >= 4 is 43.7 Å². The first kappa shape index (κ1) is 18.4. The van der Waals surface area contributed by atoms with Crippen molar-refractivity contribution in [2.75, 3.05) is 11.3 Å². The fourth-order valence-corrected chi connectivity index (χ4v) is 4.66. The van der Waals surface area contributed by atoms with Gasteiger partial charge in [-0.1, -0.05) is 43.7 Å². The number of thiophene rings is 1. The van der Waals surface area contributed by atoms with Gasteiger partial charge in [0.25, 0.3) is 15.9 Å². The summed E-state index contributed by atoms with van der Waals surface area (Å²) in [5, 5.41) is 6.30. The third-order valence-corrected chi connectivity index (χ3v) is 6.71. The highest BCUT2D eigenvalue weighted by atomic mass is 32.2. The Labute approximate surface area is 157 Å². The van der Waals surface area contributed by atoms with Crippen molar-refractivity contribution in [2.24, 2.45) is 0 Å². The summed E-state index contributed by atoms with van der Waals surface area (Å²) in [4.78, 5) is 12.6. The molecule has 3 rings (SSSR count). The van der Waals surface area contributed by atoms with Gasteiger partial charge in [-0.05, 0) is 40.8 Å². The van der Waals surface area contributed by atoms with Crippen molar-refractivity contribution in [1.29, 1.82) is 0 Å². The van der Waals surface area contributed by atoms with Crippen LogP contribution in [0.3, 0.4) is 0 Å². The van der Waals surface area contributed by atoms with E-state index in [4.69, 9.17) is 0 Å². The van der Waals surface area contributed by atoms with Gasteiger partial charge < -0.3 is 5.32 Å². The SMILES string of the molecule is CCCCNC(=O)c1cc2ccccc2cc1NS(=O)(=O)c1cccs1. The number of hydrogen-bond donors (Lipinski definition) is 2. The van der Waals surface area contributed by atoms with Gasteiger partial charge in [0.15, 0.2) is 0 Å². The molecule has 0 saturated carbocycles. The average molecular weight is 389 g/mol. The molecule has 7 heteroatoms. The molecule has 2 N–H and O–H groups in total. The van der Waals surface area contributed by atoms with Crippen LogP contribution in [0, 0.1) is 0 Å². The van der Waals surface area contributed by atoms with Gasteiger partial charge in [0.05, 0.1) is 11.3 Å². The molecule has 2 aromatic carbocycles. The van der Waals surface area contributed by atoms with Crippen molar-refractivity contribution < 1.29 is 13.2 Å². The maximum atomic E-state index is 12.6. The number of nitrogens with one attached hydrogen (secondary N) is 2. The summed E-state index contributed by atoms with van der Waals surface area (Å²) < 4.78 is 28.0. The zero-order valence-corrected chi connectivity index (χ0v) is 16.0. The molecule has 26 heavy (non-hydrogen) atoms. The van der Waals surface area contributed by atoms with Crippen LogP contribution in [0.25, 0.3) is 10.8 Å². The van der Waals surface area contributed by atoms with E-state index >= 15 is 0 Å². The van der Waals surface area contributed by atoms with Gasteiger partial charge in [0.2, 0.25) is 0 Å². The largest absolute Gasteiger partial charge is 0.352 e. The lowest BCUT2D eigenvalue weighted by Crippen LogP contribution is -2.26. The number of carbonyl (C=O) groups is 1. The van der Waals surface area contributed by atoms with Gasteiger partial charge in [-0.25, -0.2) is 8.42 Å². The fraction of sp³-hybridized carbons (Fsp3) is 0.211. The van der Waals surface area contributed by atoms with Gasteiger partial charge in [-0.2, -0.15) is 0 Å². The maximum Gasteiger partial charge on any atom is 0.271 e. The van der Waals surface area contributed by atoms with E-state index in [2.05, 4.69) is 10.0 Å². The molecule has 0 fully saturated rings. The van der Waals surface area contributed by atoms with E-state index in [-0.39, 0.29) is 15.8 Å². The standard InChI is InChI=1S/C19H20N2O3S2/c1-2-3-10-20-19(22)16-12-14-7-4-5-8-15(14)13-17(16)21-26(23,24)18-9-6-11-25-18/h4-9,11-13,21H,2-3,10H2,1H3,(H,20,22). The van der Waals surface area contributed by atoms with Gasteiger partial charge >= 0.3 is 0 Å². The highest BCUT2D eigenvalue weighted by Gasteiger charge is 2.20. The molecule has 0 saturated heterocycles. The molecule has 0 aliphatic rings. The molecule has 3 aromatic rings. The number of hydrogen-bond acceptors (Lipinski definition) is 4. The number of benzene rings is 2.